The molecule has 56 valence electrons. The number of thiol groups is 1. The zero-order valence-electron chi connectivity index (χ0n) is 5.85. The molecule has 0 amide bonds. The SMILES string of the molecule is N=C/C(S)=C1/CCCCN1. The van der Waals surface area contributed by atoms with E-state index in [4.69, 9.17) is 5.41 Å². The van der Waals surface area contributed by atoms with Crippen molar-refractivity contribution in [2.45, 2.75) is 19.3 Å². The van der Waals surface area contributed by atoms with Crippen molar-refractivity contribution < 1.29 is 0 Å². The molecule has 1 aliphatic rings. The van der Waals surface area contributed by atoms with Gasteiger partial charge in [-0.05, 0) is 19.3 Å². The van der Waals surface area contributed by atoms with E-state index in [1.54, 1.807) is 0 Å². The van der Waals surface area contributed by atoms with Gasteiger partial charge in [-0.25, -0.2) is 0 Å². The average Bonchev–Trinajstić information content (AvgIpc) is 2.05. The fourth-order valence-corrected chi connectivity index (χ4v) is 1.25. The van der Waals surface area contributed by atoms with Gasteiger partial charge in [-0.3, -0.25) is 0 Å². The number of hydrogen-bond donors (Lipinski definition) is 3. The van der Waals surface area contributed by atoms with Crippen LogP contribution in [0.5, 0.6) is 0 Å². The lowest BCUT2D eigenvalue weighted by Crippen LogP contribution is -2.20. The molecular formula is C7H12N2S. The Kier molecular flexibility index (Phi) is 2.81. The van der Waals surface area contributed by atoms with Gasteiger partial charge < -0.3 is 10.7 Å². The number of nitrogens with one attached hydrogen (secondary N) is 2. The second kappa shape index (κ2) is 3.66. The van der Waals surface area contributed by atoms with Crippen LogP contribution in [0.15, 0.2) is 10.6 Å². The molecule has 0 atom stereocenters. The summed E-state index contributed by atoms with van der Waals surface area (Å²) < 4.78 is 0. The third-order valence-electron chi connectivity index (χ3n) is 1.64. The highest BCUT2D eigenvalue weighted by Crippen LogP contribution is 2.15. The van der Waals surface area contributed by atoms with Gasteiger partial charge >= 0.3 is 0 Å². The van der Waals surface area contributed by atoms with Crippen LogP contribution in [0, 0.1) is 5.41 Å². The summed E-state index contributed by atoms with van der Waals surface area (Å²) >= 11 is 4.15. The number of allylic oxidation sites excluding steroid dienone is 2. The summed E-state index contributed by atoms with van der Waals surface area (Å²) in [4.78, 5) is 0.778. The van der Waals surface area contributed by atoms with Gasteiger partial charge in [0, 0.05) is 23.4 Å². The highest BCUT2D eigenvalue weighted by molar-refractivity contribution is 7.85. The van der Waals surface area contributed by atoms with Crippen LogP contribution in [0.4, 0.5) is 0 Å². The van der Waals surface area contributed by atoms with Crippen molar-refractivity contribution >= 4 is 18.8 Å². The molecule has 0 aromatic heterocycles. The molecule has 0 radical (unpaired) electrons. The minimum Gasteiger partial charge on any atom is -0.387 e. The summed E-state index contributed by atoms with van der Waals surface area (Å²) in [6.45, 7) is 1.03. The first-order valence-corrected chi connectivity index (χ1v) is 3.96. The first kappa shape index (κ1) is 7.66. The van der Waals surface area contributed by atoms with Gasteiger partial charge in [-0.1, -0.05) is 0 Å². The Balaban J connectivity index is 2.59. The molecule has 0 aliphatic carbocycles. The van der Waals surface area contributed by atoms with Crippen molar-refractivity contribution in [1.29, 1.82) is 5.41 Å². The van der Waals surface area contributed by atoms with E-state index in [1.165, 1.54) is 19.1 Å². The van der Waals surface area contributed by atoms with Gasteiger partial charge in [0.15, 0.2) is 0 Å². The second-order valence-corrected chi connectivity index (χ2v) is 2.87. The molecule has 2 N–H and O–H groups in total. The van der Waals surface area contributed by atoms with Crippen LogP contribution in [-0.2, 0) is 0 Å². The number of hydrogen-bond acceptors (Lipinski definition) is 3. The molecular weight excluding hydrogens is 144 g/mol. The molecule has 0 unspecified atom stereocenters. The van der Waals surface area contributed by atoms with Crippen molar-refractivity contribution in [3.05, 3.63) is 10.6 Å². The second-order valence-electron chi connectivity index (χ2n) is 2.39. The van der Waals surface area contributed by atoms with Crippen molar-refractivity contribution in [2.75, 3.05) is 6.54 Å². The van der Waals surface area contributed by atoms with Gasteiger partial charge in [-0.15, -0.1) is 12.6 Å². The monoisotopic (exact) mass is 156 g/mol. The van der Waals surface area contributed by atoms with Gasteiger partial charge in [0.2, 0.25) is 0 Å². The van der Waals surface area contributed by atoms with Gasteiger partial charge in [0.1, 0.15) is 0 Å². The Hall–Kier alpha value is -0.440. The lowest BCUT2D eigenvalue weighted by atomic mass is 10.1. The molecule has 0 saturated carbocycles. The van der Waals surface area contributed by atoms with E-state index in [9.17, 15) is 0 Å². The van der Waals surface area contributed by atoms with Crippen LogP contribution < -0.4 is 5.32 Å². The normalized spacial score (nSPS) is 23.3. The smallest absolute Gasteiger partial charge is 0.0407 e. The third kappa shape index (κ3) is 1.77. The topological polar surface area (TPSA) is 35.9 Å². The van der Waals surface area contributed by atoms with Crippen LogP contribution in [-0.4, -0.2) is 12.8 Å². The summed E-state index contributed by atoms with van der Waals surface area (Å²) in [6.07, 6.45) is 4.80. The molecule has 0 spiro atoms. The Morgan fingerprint density at radius 3 is 2.90 bits per heavy atom. The predicted molar refractivity (Wildman–Crippen MR) is 46.6 cm³/mol. The maximum atomic E-state index is 6.95. The molecule has 1 aliphatic heterocycles. The Morgan fingerprint density at radius 1 is 1.60 bits per heavy atom. The first-order chi connectivity index (χ1) is 4.84. The van der Waals surface area contributed by atoms with Crippen LogP contribution in [0.1, 0.15) is 19.3 Å². The van der Waals surface area contributed by atoms with Gasteiger partial charge in [0.25, 0.3) is 0 Å². The summed E-state index contributed by atoms with van der Waals surface area (Å²) in [7, 11) is 0. The lowest BCUT2D eigenvalue weighted by Gasteiger charge is -2.17. The van der Waals surface area contributed by atoms with E-state index in [2.05, 4.69) is 17.9 Å². The molecule has 1 fully saturated rings. The molecule has 1 saturated heterocycles. The largest absolute Gasteiger partial charge is 0.387 e. The van der Waals surface area contributed by atoms with E-state index in [0.29, 0.717) is 0 Å². The molecule has 0 aromatic rings. The summed E-state index contributed by atoms with van der Waals surface area (Å²) in [5, 5.41) is 10.2. The Labute approximate surface area is 66.6 Å². The van der Waals surface area contributed by atoms with E-state index in [-0.39, 0.29) is 0 Å². The fourth-order valence-electron chi connectivity index (χ4n) is 1.06. The maximum Gasteiger partial charge on any atom is 0.0407 e. The molecule has 10 heavy (non-hydrogen) atoms. The minimum absolute atomic E-state index is 0.778. The van der Waals surface area contributed by atoms with Crippen LogP contribution in [0.25, 0.3) is 0 Å². The predicted octanol–water partition coefficient (Wildman–Crippen LogP) is 1.55. The summed E-state index contributed by atoms with van der Waals surface area (Å²) in [5.74, 6) is 0. The van der Waals surface area contributed by atoms with Gasteiger partial charge in [0.05, 0.1) is 0 Å². The zero-order chi connectivity index (χ0) is 7.40. The van der Waals surface area contributed by atoms with E-state index >= 15 is 0 Å². The van der Waals surface area contributed by atoms with Crippen molar-refractivity contribution in [1.82, 2.24) is 5.32 Å². The fraction of sp³-hybridized carbons (Fsp3) is 0.571. The van der Waals surface area contributed by atoms with E-state index in [0.717, 1.165) is 23.6 Å². The molecule has 0 aromatic carbocycles. The Morgan fingerprint density at radius 2 is 2.40 bits per heavy atom. The minimum atomic E-state index is 0.778. The van der Waals surface area contributed by atoms with Crippen molar-refractivity contribution in [3.8, 4) is 0 Å². The highest BCUT2D eigenvalue weighted by Gasteiger charge is 2.05. The third-order valence-corrected chi connectivity index (χ3v) is 2.04. The molecule has 0 bridgehead atoms. The summed E-state index contributed by atoms with van der Waals surface area (Å²) in [5.41, 5.74) is 1.13. The lowest BCUT2D eigenvalue weighted by molar-refractivity contribution is 0.588. The number of piperidine rings is 1. The first-order valence-electron chi connectivity index (χ1n) is 3.51. The maximum absolute atomic E-state index is 6.95. The number of rotatable bonds is 1. The average molecular weight is 156 g/mol. The van der Waals surface area contributed by atoms with Crippen molar-refractivity contribution in [3.63, 3.8) is 0 Å². The van der Waals surface area contributed by atoms with Crippen LogP contribution in [0.2, 0.25) is 0 Å². The van der Waals surface area contributed by atoms with Crippen LogP contribution >= 0.6 is 12.6 Å². The quantitative estimate of drug-likeness (QED) is 0.391. The molecule has 1 rings (SSSR count). The molecule has 3 heteroatoms. The standard InChI is InChI=1S/C7H12N2S/c8-5-7(10)6-3-1-2-4-9-6/h5,8-10H,1-4H2/b7-6+,8-5?. The molecule has 2 nitrogen and oxygen atoms in total. The summed E-state index contributed by atoms with van der Waals surface area (Å²) in [6, 6.07) is 0. The Bertz CT molecular complexity index is 155. The van der Waals surface area contributed by atoms with Crippen LogP contribution in [0.3, 0.4) is 0 Å². The van der Waals surface area contributed by atoms with E-state index < -0.39 is 0 Å². The van der Waals surface area contributed by atoms with Gasteiger partial charge in [-0.2, -0.15) is 0 Å². The van der Waals surface area contributed by atoms with Crippen molar-refractivity contribution in [2.24, 2.45) is 0 Å². The highest BCUT2D eigenvalue weighted by atomic mass is 32.1. The molecule has 1 heterocycles. The zero-order valence-corrected chi connectivity index (χ0v) is 6.75. The van der Waals surface area contributed by atoms with E-state index in [1.807, 2.05) is 0 Å².